The van der Waals surface area contributed by atoms with Gasteiger partial charge in [-0.1, -0.05) is 56.3 Å². The van der Waals surface area contributed by atoms with E-state index in [2.05, 4.69) is 36.2 Å². The number of rotatable bonds is 11. The van der Waals surface area contributed by atoms with Gasteiger partial charge in [-0.3, -0.25) is 9.69 Å². The van der Waals surface area contributed by atoms with Crippen LogP contribution in [-0.4, -0.2) is 50.2 Å². The van der Waals surface area contributed by atoms with Crippen molar-refractivity contribution in [2.75, 3.05) is 33.4 Å². The summed E-state index contributed by atoms with van der Waals surface area (Å²) in [4.78, 5) is 14.6. The standard InChI is InChI=1S/C22H30N2O3/c1-4-24(5-2)19(15-18-11-7-6-8-12-18)16-23-22(25)17-27-21-14-10-9-13-20(21)26-3/h6-14,19H,4-5,15-17H2,1-3H3,(H,23,25)/t19-/m1/s1. The Balaban J connectivity index is 1.90. The summed E-state index contributed by atoms with van der Waals surface area (Å²) in [7, 11) is 1.58. The summed E-state index contributed by atoms with van der Waals surface area (Å²) in [5.74, 6) is 1.06. The molecule has 0 aliphatic rings. The molecule has 0 saturated carbocycles. The molecule has 5 heteroatoms. The summed E-state index contributed by atoms with van der Waals surface area (Å²) in [6.45, 7) is 6.74. The van der Waals surface area contributed by atoms with Gasteiger partial charge in [0.05, 0.1) is 7.11 Å². The molecular formula is C22H30N2O3. The van der Waals surface area contributed by atoms with Crippen LogP contribution in [0.5, 0.6) is 11.5 Å². The van der Waals surface area contributed by atoms with E-state index in [0.29, 0.717) is 18.0 Å². The van der Waals surface area contributed by atoms with Crippen LogP contribution in [-0.2, 0) is 11.2 Å². The molecule has 0 aliphatic carbocycles. The van der Waals surface area contributed by atoms with Crippen molar-refractivity contribution in [2.45, 2.75) is 26.3 Å². The van der Waals surface area contributed by atoms with Gasteiger partial charge < -0.3 is 14.8 Å². The number of amides is 1. The predicted octanol–water partition coefficient (Wildman–Crippen LogP) is 3.14. The Labute approximate surface area is 162 Å². The molecule has 0 heterocycles. The Morgan fingerprint density at radius 1 is 1.00 bits per heavy atom. The van der Waals surface area contributed by atoms with Gasteiger partial charge in [-0.15, -0.1) is 0 Å². The zero-order valence-electron chi connectivity index (χ0n) is 16.5. The minimum atomic E-state index is -0.133. The van der Waals surface area contributed by atoms with Crippen LogP contribution >= 0.6 is 0 Å². The average molecular weight is 370 g/mol. The zero-order chi connectivity index (χ0) is 19.5. The number of ether oxygens (including phenoxy) is 2. The molecule has 0 radical (unpaired) electrons. The lowest BCUT2D eigenvalue weighted by Crippen LogP contribution is -2.46. The molecule has 27 heavy (non-hydrogen) atoms. The summed E-state index contributed by atoms with van der Waals surface area (Å²) < 4.78 is 10.8. The van der Waals surface area contributed by atoms with Crippen molar-refractivity contribution < 1.29 is 14.3 Å². The number of carbonyl (C=O) groups excluding carboxylic acids is 1. The largest absolute Gasteiger partial charge is 0.493 e. The van der Waals surface area contributed by atoms with Crippen molar-refractivity contribution in [3.8, 4) is 11.5 Å². The first-order valence-electron chi connectivity index (χ1n) is 9.48. The van der Waals surface area contributed by atoms with Crippen LogP contribution in [0.1, 0.15) is 19.4 Å². The van der Waals surface area contributed by atoms with Gasteiger partial charge >= 0.3 is 0 Å². The smallest absolute Gasteiger partial charge is 0.257 e. The molecule has 0 fully saturated rings. The highest BCUT2D eigenvalue weighted by Gasteiger charge is 2.17. The van der Waals surface area contributed by atoms with E-state index in [1.165, 1.54) is 5.56 Å². The van der Waals surface area contributed by atoms with Crippen LogP contribution in [0.4, 0.5) is 0 Å². The molecule has 1 amide bonds. The minimum absolute atomic E-state index is 0.0311. The number of nitrogens with zero attached hydrogens (tertiary/aromatic N) is 1. The lowest BCUT2D eigenvalue weighted by Gasteiger charge is -2.30. The van der Waals surface area contributed by atoms with E-state index in [4.69, 9.17) is 9.47 Å². The number of hydrogen-bond donors (Lipinski definition) is 1. The molecule has 2 rings (SSSR count). The highest BCUT2D eigenvalue weighted by atomic mass is 16.5. The first-order chi connectivity index (χ1) is 13.2. The van der Waals surface area contributed by atoms with Crippen molar-refractivity contribution in [1.29, 1.82) is 0 Å². The summed E-state index contributed by atoms with van der Waals surface area (Å²) >= 11 is 0. The van der Waals surface area contributed by atoms with Gasteiger partial charge in [0.25, 0.3) is 5.91 Å². The third-order valence-electron chi connectivity index (χ3n) is 4.61. The van der Waals surface area contributed by atoms with Gasteiger partial charge in [-0.25, -0.2) is 0 Å². The van der Waals surface area contributed by atoms with Crippen molar-refractivity contribution in [3.05, 3.63) is 60.2 Å². The van der Waals surface area contributed by atoms with E-state index in [1.807, 2.05) is 36.4 Å². The molecule has 0 aliphatic heterocycles. The molecule has 1 atom stereocenters. The summed E-state index contributed by atoms with van der Waals surface area (Å²) in [5, 5.41) is 3.01. The number of methoxy groups -OCH3 is 1. The molecule has 0 saturated heterocycles. The maximum absolute atomic E-state index is 12.3. The van der Waals surface area contributed by atoms with Gasteiger partial charge in [0.15, 0.2) is 18.1 Å². The third kappa shape index (κ3) is 6.61. The topological polar surface area (TPSA) is 50.8 Å². The maximum Gasteiger partial charge on any atom is 0.257 e. The van der Waals surface area contributed by atoms with E-state index < -0.39 is 0 Å². The Kier molecular flexibility index (Phi) is 8.65. The van der Waals surface area contributed by atoms with Gasteiger partial charge in [0.1, 0.15) is 0 Å². The SMILES string of the molecule is CCN(CC)[C@@H](CNC(=O)COc1ccccc1OC)Cc1ccccc1. The number of carbonyl (C=O) groups is 1. The normalized spacial score (nSPS) is 11.9. The van der Waals surface area contributed by atoms with Crippen LogP contribution in [0.15, 0.2) is 54.6 Å². The second kappa shape index (κ2) is 11.2. The first kappa shape index (κ1) is 20.8. The Bertz CT molecular complexity index is 687. The monoisotopic (exact) mass is 370 g/mol. The fraction of sp³-hybridized carbons (Fsp3) is 0.409. The lowest BCUT2D eigenvalue weighted by molar-refractivity contribution is -0.123. The predicted molar refractivity (Wildman–Crippen MR) is 108 cm³/mol. The quantitative estimate of drug-likeness (QED) is 0.660. The first-order valence-corrected chi connectivity index (χ1v) is 9.48. The van der Waals surface area contributed by atoms with E-state index in [1.54, 1.807) is 13.2 Å². The van der Waals surface area contributed by atoms with Crippen molar-refractivity contribution in [3.63, 3.8) is 0 Å². The fourth-order valence-electron chi connectivity index (χ4n) is 3.12. The van der Waals surface area contributed by atoms with Crippen LogP contribution < -0.4 is 14.8 Å². The van der Waals surface area contributed by atoms with Gasteiger partial charge in [-0.2, -0.15) is 0 Å². The lowest BCUT2D eigenvalue weighted by atomic mass is 10.0. The Morgan fingerprint density at radius 3 is 2.26 bits per heavy atom. The Hall–Kier alpha value is -2.53. The number of hydrogen-bond acceptors (Lipinski definition) is 4. The van der Waals surface area contributed by atoms with Crippen LogP contribution in [0, 0.1) is 0 Å². The van der Waals surface area contributed by atoms with E-state index >= 15 is 0 Å². The highest BCUT2D eigenvalue weighted by molar-refractivity contribution is 5.77. The summed E-state index contributed by atoms with van der Waals surface area (Å²) in [5.41, 5.74) is 1.27. The molecule has 0 bridgehead atoms. The van der Waals surface area contributed by atoms with Gasteiger partial charge in [-0.05, 0) is 37.2 Å². The summed E-state index contributed by atoms with van der Waals surface area (Å²) in [6, 6.07) is 17.9. The van der Waals surface area contributed by atoms with E-state index in [-0.39, 0.29) is 18.6 Å². The average Bonchev–Trinajstić information content (AvgIpc) is 2.72. The van der Waals surface area contributed by atoms with E-state index in [0.717, 1.165) is 19.5 Å². The number of likely N-dealkylation sites (N-methyl/N-ethyl adjacent to an activating group) is 1. The molecule has 5 nitrogen and oxygen atoms in total. The van der Waals surface area contributed by atoms with E-state index in [9.17, 15) is 4.79 Å². The van der Waals surface area contributed by atoms with Crippen molar-refractivity contribution >= 4 is 5.91 Å². The third-order valence-corrected chi connectivity index (χ3v) is 4.61. The second-order valence-electron chi connectivity index (χ2n) is 6.31. The van der Waals surface area contributed by atoms with Crippen LogP contribution in [0.3, 0.4) is 0 Å². The minimum Gasteiger partial charge on any atom is -0.493 e. The molecular weight excluding hydrogens is 340 g/mol. The molecule has 0 unspecified atom stereocenters. The number of benzene rings is 2. The Morgan fingerprint density at radius 2 is 1.63 bits per heavy atom. The molecule has 0 aromatic heterocycles. The van der Waals surface area contributed by atoms with Gasteiger partial charge in [0.2, 0.25) is 0 Å². The van der Waals surface area contributed by atoms with Crippen molar-refractivity contribution in [2.24, 2.45) is 0 Å². The van der Waals surface area contributed by atoms with Crippen LogP contribution in [0.2, 0.25) is 0 Å². The summed E-state index contributed by atoms with van der Waals surface area (Å²) in [6.07, 6.45) is 0.899. The molecule has 1 N–H and O–H groups in total. The van der Waals surface area contributed by atoms with Crippen LogP contribution in [0.25, 0.3) is 0 Å². The molecule has 2 aromatic rings. The maximum atomic E-state index is 12.3. The fourth-order valence-corrected chi connectivity index (χ4v) is 3.12. The highest BCUT2D eigenvalue weighted by Crippen LogP contribution is 2.25. The molecule has 146 valence electrons. The second-order valence-corrected chi connectivity index (χ2v) is 6.31. The molecule has 0 spiro atoms. The van der Waals surface area contributed by atoms with Gasteiger partial charge in [0, 0.05) is 12.6 Å². The molecule has 2 aromatic carbocycles. The number of para-hydroxylation sites is 2. The number of nitrogens with one attached hydrogen (secondary N) is 1. The van der Waals surface area contributed by atoms with Crippen molar-refractivity contribution in [1.82, 2.24) is 10.2 Å². The zero-order valence-corrected chi connectivity index (χ0v) is 16.5.